The Morgan fingerprint density at radius 1 is 0.935 bits per heavy atom. The summed E-state index contributed by atoms with van der Waals surface area (Å²) in [5.74, 6) is -1.61. The van der Waals surface area contributed by atoms with E-state index in [9.17, 15) is 19.2 Å². The van der Waals surface area contributed by atoms with Crippen LogP contribution in [-0.4, -0.2) is 34.6 Å². The number of H-pyrrole nitrogens is 1. The van der Waals surface area contributed by atoms with Crippen molar-refractivity contribution in [3.8, 4) is 5.75 Å². The number of nitrogens with one attached hydrogen (secondary N) is 2. The largest absolute Gasteiger partial charge is 0.483 e. The molecule has 2 saturated carbocycles. The van der Waals surface area contributed by atoms with E-state index in [0.29, 0.717) is 32.2 Å². The maximum Gasteiger partial charge on any atom is 0.305 e. The molecule has 4 aliphatic rings. The second-order valence-electron chi connectivity index (χ2n) is 12.0. The van der Waals surface area contributed by atoms with Gasteiger partial charge in [-0.05, 0) is 72.7 Å². The van der Waals surface area contributed by atoms with Crippen molar-refractivity contribution in [3.63, 3.8) is 0 Å². The normalized spacial score (nSPS) is 27.4. The average Bonchev–Trinajstić information content (AvgIpc) is 3.77. The van der Waals surface area contributed by atoms with E-state index in [0.717, 1.165) is 33.2 Å². The van der Waals surface area contributed by atoms with Crippen LogP contribution >= 0.6 is 57.9 Å². The van der Waals surface area contributed by atoms with Gasteiger partial charge in [0, 0.05) is 32.3 Å². The molecule has 13 heteroatoms. The number of rotatable bonds is 6. The zero-order chi connectivity index (χ0) is 31.9. The number of imide groups is 1. The molecule has 3 fully saturated rings. The van der Waals surface area contributed by atoms with Crippen LogP contribution in [0.4, 0.5) is 11.4 Å². The van der Waals surface area contributed by atoms with E-state index in [2.05, 4.69) is 10.3 Å². The van der Waals surface area contributed by atoms with Crippen LogP contribution in [-0.2, 0) is 14.4 Å². The van der Waals surface area contributed by atoms with Crippen molar-refractivity contribution in [2.45, 2.75) is 22.6 Å². The third kappa shape index (κ3) is 4.80. The van der Waals surface area contributed by atoms with Crippen molar-refractivity contribution >= 4 is 87.0 Å². The minimum absolute atomic E-state index is 0.00810. The standard InChI is InChI=1S/C33H24Cl3N3O5S2/c34-14-6-9-22(44-13-23(40)37-15-7-8-20(35)21(36)11-15)17(10-14)24-25-18-12-19(28(25)45-30-29(24)46-33(43)38-30)27-26(18)31(41)39(32(27)42)16-4-2-1-3-5-16/h1-11,18-19,24-28H,12-13H2,(H,37,40)(H,38,43)/t18?,19?,24-,25?,26?,27?,28?/m1/s1. The number of para-hydroxylation sites is 1. The molecular weight excluding hydrogens is 689 g/mol. The molecule has 3 amide bonds. The quantitative estimate of drug-likeness (QED) is 0.207. The first-order valence-corrected chi connectivity index (χ1v) is 17.5. The van der Waals surface area contributed by atoms with E-state index in [1.165, 1.54) is 4.90 Å². The number of nitrogens with zero attached hydrogens (tertiary/aromatic N) is 1. The highest BCUT2D eigenvalue weighted by atomic mass is 35.5. The number of fused-ring (bicyclic) bond motifs is 9. The smallest absolute Gasteiger partial charge is 0.305 e. The van der Waals surface area contributed by atoms with Gasteiger partial charge < -0.3 is 15.0 Å². The summed E-state index contributed by atoms with van der Waals surface area (Å²) in [5.41, 5.74) is 1.80. The first-order valence-electron chi connectivity index (χ1n) is 14.7. The minimum atomic E-state index is -0.445. The van der Waals surface area contributed by atoms with Gasteiger partial charge in [-0.25, -0.2) is 0 Å². The summed E-state index contributed by atoms with van der Waals surface area (Å²) in [6.07, 6.45) is 0.746. The molecule has 234 valence electrons. The first kappa shape index (κ1) is 30.1. The lowest BCUT2D eigenvalue weighted by Crippen LogP contribution is -2.42. The van der Waals surface area contributed by atoms with Gasteiger partial charge in [-0.15, -0.1) is 11.8 Å². The molecule has 3 aromatic carbocycles. The summed E-state index contributed by atoms with van der Waals surface area (Å²) in [7, 11) is 0. The van der Waals surface area contributed by atoms with Crippen LogP contribution < -0.4 is 19.8 Å². The molecule has 1 saturated heterocycles. The Bertz CT molecular complexity index is 1980. The summed E-state index contributed by atoms with van der Waals surface area (Å²) in [5, 5.41) is 4.69. The van der Waals surface area contributed by atoms with Gasteiger partial charge in [-0.3, -0.25) is 24.1 Å². The molecule has 46 heavy (non-hydrogen) atoms. The summed E-state index contributed by atoms with van der Waals surface area (Å²) >= 11 is 21.4. The summed E-state index contributed by atoms with van der Waals surface area (Å²) < 4.78 is 6.13. The monoisotopic (exact) mass is 711 g/mol. The third-order valence-corrected chi connectivity index (χ3v) is 13.2. The molecule has 1 aromatic heterocycles. The number of carbonyl (C=O) groups excluding carboxylic acids is 3. The topological polar surface area (TPSA) is 109 Å². The highest BCUT2D eigenvalue weighted by Crippen LogP contribution is 2.69. The third-order valence-electron chi connectivity index (χ3n) is 9.61. The number of hydrogen-bond acceptors (Lipinski definition) is 7. The summed E-state index contributed by atoms with van der Waals surface area (Å²) in [6.45, 7) is -0.295. The number of hydrogen-bond donors (Lipinski definition) is 2. The van der Waals surface area contributed by atoms with E-state index in [4.69, 9.17) is 39.5 Å². The predicted octanol–water partition coefficient (Wildman–Crippen LogP) is 7.09. The van der Waals surface area contributed by atoms with Crippen molar-refractivity contribution in [1.29, 1.82) is 0 Å². The lowest BCUT2D eigenvalue weighted by Gasteiger charge is -2.43. The molecular formula is C33H24Cl3N3O5S2. The van der Waals surface area contributed by atoms with Gasteiger partial charge in [0.05, 0.1) is 32.6 Å². The second kappa shape index (κ2) is 11.5. The van der Waals surface area contributed by atoms with Crippen LogP contribution in [0.25, 0.3) is 0 Å². The molecule has 2 aliphatic carbocycles. The minimum Gasteiger partial charge on any atom is -0.483 e. The van der Waals surface area contributed by atoms with Gasteiger partial charge in [-0.1, -0.05) is 64.3 Å². The predicted molar refractivity (Wildman–Crippen MR) is 179 cm³/mol. The molecule has 4 aromatic rings. The van der Waals surface area contributed by atoms with Gasteiger partial charge in [0.15, 0.2) is 6.61 Å². The molecule has 2 bridgehead atoms. The fourth-order valence-corrected chi connectivity index (χ4v) is 11.4. The Kier molecular flexibility index (Phi) is 7.49. The van der Waals surface area contributed by atoms with Gasteiger partial charge >= 0.3 is 4.87 Å². The van der Waals surface area contributed by atoms with Gasteiger partial charge in [-0.2, -0.15) is 0 Å². The molecule has 6 unspecified atom stereocenters. The molecule has 0 radical (unpaired) electrons. The SMILES string of the molecule is O=C(COc1ccc(Cl)cc1[C@H]1c2sc(=O)[nH]c2SC2C3CC(C4C(=O)N(c5ccccc5)C(=O)C34)C21)Nc1ccc(Cl)c(Cl)c1. The number of amides is 3. The number of anilines is 2. The fourth-order valence-electron chi connectivity index (χ4n) is 8.00. The summed E-state index contributed by atoms with van der Waals surface area (Å²) in [4.78, 5) is 58.5. The lowest BCUT2D eigenvalue weighted by atomic mass is 9.68. The van der Waals surface area contributed by atoms with Gasteiger partial charge in [0.2, 0.25) is 11.8 Å². The number of ether oxygens (including phenoxy) is 1. The molecule has 0 spiro atoms. The zero-order valence-electron chi connectivity index (χ0n) is 23.7. The number of thiazole rings is 1. The Hall–Kier alpha value is -3.28. The van der Waals surface area contributed by atoms with Crippen LogP contribution in [0.15, 0.2) is 76.6 Å². The summed E-state index contributed by atoms with van der Waals surface area (Å²) in [6, 6.07) is 19.1. The number of carbonyl (C=O) groups is 3. The molecule has 8 nitrogen and oxygen atoms in total. The van der Waals surface area contributed by atoms with E-state index < -0.39 is 17.7 Å². The van der Waals surface area contributed by atoms with Crippen molar-refractivity contribution in [2.75, 3.05) is 16.8 Å². The van der Waals surface area contributed by atoms with E-state index >= 15 is 0 Å². The van der Waals surface area contributed by atoms with Crippen molar-refractivity contribution in [2.24, 2.45) is 29.6 Å². The zero-order valence-corrected chi connectivity index (χ0v) is 27.6. The van der Waals surface area contributed by atoms with Crippen molar-refractivity contribution < 1.29 is 19.1 Å². The number of thioether (sulfide) groups is 1. The van der Waals surface area contributed by atoms with Crippen LogP contribution in [0.5, 0.6) is 5.75 Å². The van der Waals surface area contributed by atoms with E-state index in [-0.39, 0.29) is 52.2 Å². The Balaban J connectivity index is 1.13. The number of aromatic amines is 1. The van der Waals surface area contributed by atoms with Crippen LogP contribution in [0, 0.1) is 29.6 Å². The Morgan fingerprint density at radius 2 is 1.70 bits per heavy atom. The first-order chi connectivity index (χ1) is 22.2. The number of aromatic nitrogens is 1. The highest BCUT2D eigenvalue weighted by molar-refractivity contribution is 8.00. The highest BCUT2D eigenvalue weighted by Gasteiger charge is 2.69. The lowest BCUT2D eigenvalue weighted by molar-refractivity contribution is -0.123. The van der Waals surface area contributed by atoms with Crippen LogP contribution in [0.3, 0.4) is 0 Å². The van der Waals surface area contributed by atoms with Gasteiger partial charge in [0.25, 0.3) is 5.91 Å². The molecule has 3 heterocycles. The van der Waals surface area contributed by atoms with Crippen molar-refractivity contribution in [1.82, 2.24) is 4.98 Å². The molecule has 7 atom stereocenters. The molecule has 2 aliphatic heterocycles. The van der Waals surface area contributed by atoms with Crippen LogP contribution in [0.1, 0.15) is 22.8 Å². The maximum atomic E-state index is 14.0. The molecule has 2 N–H and O–H groups in total. The molecule has 8 rings (SSSR count). The van der Waals surface area contributed by atoms with E-state index in [1.807, 2.05) is 24.3 Å². The van der Waals surface area contributed by atoms with Crippen molar-refractivity contribution in [3.05, 3.63) is 102 Å². The second-order valence-corrected chi connectivity index (χ2v) is 15.4. The average molecular weight is 713 g/mol. The Morgan fingerprint density at radius 3 is 2.46 bits per heavy atom. The van der Waals surface area contributed by atoms with Crippen LogP contribution in [0.2, 0.25) is 15.1 Å². The fraction of sp³-hybridized carbons (Fsp3) is 0.273. The number of halogens is 3. The Labute approximate surface area is 286 Å². The number of benzene rings is 3. The van der Waals surface area contributed by atoms with Gasteiger partial charge in [0.1, 0.15) is 5.75 Å². The maximum absolute atomic E-state index is 14.0. The van der Waals surface area contributed by atoms with E-state index in [1.54, 1.807) is 54.2 Å².